The summed E-state index contributed by atoms with van der Waals surface area (Å²) in [5, 5.41) is 2.70. The van der Waals surface area contributed by atoms with Gasteiger partial charge in [-0.3, -0.25) is 9.69 Å². The average molecular weight is 331 g/mol. The summed E-state index contributed by atoms with van der Waals surface area (Å²) in [7, 11) is 3.83. The molecule has 132 valence electrons. The van der Waals surface area contributed by atoms with Crippen LogP contribution >= 0.6 is 0 Å². The highest BCUT2D eigenvalue weighted by Gasteiger charge is 2.28. The fourth-order valence-electron chi connectivity index (χ4n) is 3.38. The Labute approximate surface area is 144 Å². The van der Waals surface area contributed by atoms with Gasteiger partial charge in [0.25, 0.3) is 0 Å². The molecule has 0 unspecified atom stereocenters. The highest BCUT2D eigenvalue weighted by molar-refractivity contribution is 5.77. The highest BCUT2D eigenvalue weighted by Crippen LogP contribution is 2.38. The first-order chi connectivity index (χ1) is 11.5. The summed E-state index contributed by atoms with van der Waals surface area (Å²) in [6, 6.07) is 2.09. The van der Waals surface area contributed by atoms with Gasteiger partial charge >= 0.3 is 0 Å². The molecule has 1 aliphatic heterocycles. The Kier molecular flexibility index (Phi) is 5.33. The third-order valence-corrected chi connectivity index (χ3v) is 5.08. The summed E-state index contributed by atoms with van der Waals surface area (Å²) >= 11 is 0. The number of rotatable bonds is 6. The maximum absolute atomic E-state index is 11.5. The van der Waals surface area contributed by atoms with Gasteiger partial charge in [-0.25, -0.2) is 9.97 Å². The molecule has 1 N–H and O–H groups in total. The maximum Gasteiger partial charge on any atom is 0.233 e. The molecule has 2 aliphatic rings. The number of nitrogens with zero attached hydrogens (tertiary/aromatic N) is 4. The average Bonchev–Trinajstić information content (AvgIpc) is 3.41. The Balaban J connectivity index is 1.52. The summed E-state index contributed by atoms with van der Waals surface area (Å²) in [5.41, 5.74) is 1.06. The van der Waals surface area contributed by atoms with Gasteiger partial charge in [0.2, 0.25) is 5.91 Å². The maximum atomic E-state index is 11.5. The van der Waals surface area contributed by atoms with Crippen LogP contribution in [0.2, 0.25) is 0 Å². The van der Waals surface area contributed by atoms with Crippen LogP contribution in [0.4, 0.5) is 5.82 Å². The van der Waals surface area contributed by atoms with E-state index >= 15 is 0 Å². The van der Waals surface area contributed by atoms with Gasteiger partial charge in [-0.15, -0.1) is 0 Å². The molecule has 0 aromatic carbocycles. The summed E-state index contributed by atoms with van der Waals surface area (Å²) in [6.07, 6.45) is 4.74. The molecule has 2 heterocycles. The zero-order chi connectivity index (χ0) is 17.1. The van der Waals surface area contributed by atoms with Crippen LogP contribution in [0.3, 0.4) is 0 Å². The summed E-state index contributed by atoms with van der Waals surface area (Å²) in [4.78, 5) is 25.4. The van der Waals surface area contributed by atoms with Gasteiger partial charge in [-0.05, 0) is 51.6 Å². The monoisotopic (exact) mass is 331 g/mol. The largest absolute Gasteiger partial charge is 0.359 e. The lowest BCUT2D eigenvalue weighted by Crippen LogP contribution is -2.42. The van der Waals surface area contributed by atoms with Crippen molar-refractivity contribution in [2.75, 3.05) is 45.2 Å². The van der Waals surface area contributed by atoms with E-state index in [1.807, 2.05) is 0 Å². The number of hydrogen-bond donors (Lipinski definition) is 1. The second-order valence-electron chi connectivity index (χ2n) is 7.27. The molecule has 6 heteroatoms. The van der Waals surface area contributed by atoms with Crippen molar-refractivity contribution in [1.82, 2.24) is 20.2 Å². The van der Waals surface area contributed by atoms with Crippen molar-refractivity contribution < 1.29 is 4.79 Å². The molecule has 24 heavy (non-hydrogen) atoms. The third-order valence-electron chi connectivity index (χ3n) is 5.08. The van der Waals surface area contributed by atoms with E-state index in [1.54, 1.807) is 7.05 Å². The van der Waals surface area contributed by atoms with Crippen molar-refractivity contribution in [3.05, 3.63) is 17.6 Å². The number of likely N-dealkylation sites (tertiary alicyclic amines) is 1. The summed E-state index contributed by atoms with van der Waals surface area (Å²) < 4.78 is 0. The number of carbonyl (C=O) groups excluding carboxylic acids is 1. The molecule has 0 spiro atoms. The van der Waals surface area contributed by atoms with Gasteiger partial charge in [0.15, 0.2) is 0 Å². The van der Waals surface area contributed by atoms with Crippen LogP contribution in [0.5, 0.6) is 0 Å². The van der Waals surface area contributed by atoms with Gasteiger partial charge in [0.05, 0.1) is 6.54 Å². The van der Waals surface area contributed by atoms with Gasteiger partial charge in [-0.2, -0.15) is 0 Å². The van der Waals surface area contributed by atoms with E-state index in [2.05, 4.69) is 40.1 Å². The molecule has 1 aromatic heterocycles. The van der Waals surface area contributed by atoms with Crippen molar-refractivity contribution in [2.45, 2.75) is 38.5 Å². The van der Waals surface area contributed by atoms with Crippen molar-refractivity contribution >= 4 is 11.7 Å². The molecule has 1 saturated heterocycles. The Hall–Kier alpha value is -1.69. The fourth-order valence-corrected chi connectivity index (χ4v) is 3.38. The molecule has 2 fully saturated rings. The molecule has 1 amide bonds. The van der Waals surface area contributed by atoms with Crippen molar-refractivity contribution in [3.63, 3.8) is 0 Å². The molecule has 0 radical (unpaired) electrons. The van der Waals surface area contributed by atoms with Crippen LogP contribution in [-0.4, -0.2) is 61.0 Å². The first-order valence-electron chi connectivity index (χ1n) is 9.05. The van der Waals surface area contributed by atoms with Crippen LogP contribution in [0.25, 0.3) is 0 Å². The second kappa shape index (κ2) is 7.47. The lowest BCUT2D eigenvalue weighted by atomic mass is 9.96. The van der Waals surface area contributed by atoms with E-state index in [0.717, 1.165) is 49.8 Å². The molecular formula is C18H29N5O. The fraction of sp³-hybridized carbons (Fsp3) is 0.722. The van der Waals surface area contributed by atoms with Crippen molar-refractivity contribution in [2.24, 2.45) is 5.92 Å². The van der Waals surface area contributed by atoms with E-state index in [-0.39, 0.29) is 5.91 Å². The topological polar surface area (TPSA) is 61.4 Å². The van der Waals surface area contributed by atoms with Crippen molar-refractivity contribution in [3.8, 4) is 0 Å². The molecule has 0 atom stereocenters. The predicted molar refractivity (Wildman–Crippen MR) is 95.2 cm³/mol. The summed E-state index contributed by atoms with van der Waals surface area (Å²) in [6.45, 7) is 5.61. The zero-order valence-electron chi connectivity index (χ0n) is 15.1. The lowest BCUT2D eigenvalue weighted by Gasteiger charge is -2.33. The Morgan fingerprint density at radius 2 is 2.00 bits per heavy atom. The minimum absolute atomic E-state index is 0.106. The van der Waals surface area contributed by atoms with Crippen molar-refractivity contribution in [1.29, 1.82) is 0 Å². The van der Waals surface area contributed by atoms with Crippen LogP contribution in [0.1, 0.15) is 43.1 Å². The van der Waals surface area contributed by atoms with Crippen LogP contribution in [0.15, 0.2) is 6.07 Å². The molecule has 1 aromatic rings. The third kappa shape index (κ3) is 4.44. The Morgan fingerprint density at radius 1 is 1.29 bits per heavy atom. The standard InChI is InChI=1S/C18H29N5O/c1-13-10-16(21-18(20-13)15-4-5-15)22(3)11-14-6-8-23(9-7-14)12-17(24)19-2/h10,14-15H,4-9,11-12H2,1-3H3,(H,19,24). The zero-order valence-corrected chi connectivity index (χ0v) is 15.1. The Morgan fingerprint density at radius 3 is 2.62 bits per heavy atom. The van der Waals surface area contributed by atoms with Gasteiger partial charge < -0.3 is 10.2 Å². The quantitative estimate of drug-likeness (QED) is 0.857. The number of carbonyl (C=O) groups is 1. The van der Waals surface area contributed by atoms with Gasteiger partial charge in [0, 0.05) is 38.3 Å². The number of piperidine rings is 1. The van der Waals surface area contributed by atoms with Crippen LogP contribution in [0, 0.1) is 12.8 Å². The van der Waals surface area contributed by atoms with E-state index in [9.17, 15) is 4.79 Å². The number of hydrogen-bond acceptors (Lipinski definition) is 5. The highest BCUT2D eigenvalue weighted by atomic mass is 16.1. The van der Waals surface area contributed by atoms with Crippen LogP contribution in [-0.2, 0) is 4.79 Å². The lowest BCUT2D eigenvalue weighted by molar-refractivity contribution is -0.122. The second-order valence-corrected chi connectivity index (χ2v) is 7.27. The van der Waals surface area contributed by atoms with Crippen LogP contribution < -0.4 is 10.2 Å². The molecule has 0 bridgehead atoms. The smallest absolute Gasteiger partial charge is 0.233 e. The van der Waals surface area contributed by atoms with Gasteiger partial charge in [0.1, 0.15) is 11.6 Å². The first kappa shape index (κ1) is 17.1. The van der Waals surface area contributed by atoms with E-state index < -0.39 is 0 Å². The van der Waals surface area contributed by atoms with E-state index in [4.69, 9.17) is 4.98 Å². The predicted octanol–water partition coefficient (Wildman–Crippen LogP) is 1.56. The number of anilines is 1. The minimum atomic E-state index is 0.106. The number of aryl methyl sites for hydroxylation is 1. The number of aromatic nitrogens is 2. The van der Waals surface area contributed by atoms with E-state index in [0.29, 0.717) is 18.4 Å². The molecular weight excluding hydrogens is 302 g/mol. The SMILES string of the molecule is CNC(=O)CN1CCC(CN(C)c2cc(C)nc(C3CC3)n2)CC1. The number of amides is 1. The Bertz CT molecular complexity index is 579. The van der Waals surface area contributed by atoms with Gasteiger partial charge in [-0.1, -0.05) is 0 Å². The normalized spacial score (nSPS) is 19.3. The molecule has 1 aliphatic carbocycles. The molecule has 3 rings (SSSR count). The molecule has 6 nitrogen and oxygen atoms in total. The minimum Gasteiger partial charge on any atom is -0.359 e. The van der Waals surface area contributed by atoms with E-state index in [1.165, 1.54) is 12.8 Å². The first-order valence-corrected chi connectivity index (χ1v) is 9.05. The summed E-state index contributed by atoms with van der Waals surface area (Å²) in [5.74, 6) is 3.43. The number of likely N-dealkylation sites (N-methyl/N-ethyl adjacent to an activating group) is 1. The number of nitrogens with one attached hydrogen (secondary N) is 1. The molecule has 1 saturated carbocycles.